The number of amides is 1. The summed E-state index contributed by atoms with van der Waals surface area (Å²) in [7, 11) is 0. The van der Waals surface area contributed by atoms with Crippen molar-refractivity contribution >= 4 is 45.3 Å². The first kappa shape index (κ1) is 36.4. The van der Waals surface area contributed by atoms with E-state index in [0.717, 1.165) is 61.8 Å². The molecular weight excluding hydrogens is 651 g/mol. The number of carbonyl (C=O) groups is 2. The fourth-order valence-electron chi connectivity index (χ4n) is 6.83. The third-order valence-electron chi connectivity index (χ3n) is 9.69. The zero-order chi connectivity index (χ0) is 34.1. The summed E-state index contributed by atoms with van der Waals surface area (Å²) in [4.78, 5) is 47.7. The van der Waals surface area contributed by atoms with Crippen LogP contribution in [0.25, 0.3) is 10.2 Å². The number of likely N-dealkylation sites (tertiary alicyclic amines) is 1. The van der Waals surface area contributed by atoms with Gasteiger partial charge in [-0.3, -0.25) is 14.4 Å². The number of aromatic amines is 1. The van der Waals surface area contributed by atoms with Crippen molar-refractivity contribution in [2.45, 2.75) is 89.8 Å². The zero-order valence-electron chi connectivity index (χ0n) is 28.5. The van der Waals surface area contributed by atoms with Crippen molar-refractivity contribution in [2.75, 3.05) is 52.4 Å². The molecule has 264 valence electrons. The molecule has 0 aliphatic carbocycles. The van der Waals surface area contributed by atoms with Gasteiger partial charge in [-0.25, -0.2) is 4.98 Å². The Kier molecular flexibility index (Phi) is 13.1. The Morgan fingerprint density at radius 1 is 1.15 bits per heavy atom. The van der Waals surface area contributed by atoms with Crippen molar-refractivity contribution in [2.24, 2.45) is 5.92 Å². The molecule has 1 unspecified atom stereocenters. The molecular formula is C35H51N5O6S2. The number of carbonyl (C=O) groups excluding carboxylic acids is 2. The maximum Gasteiger partial charge on any atom is 0.305 e. The van der Waals surface area contributed by atoms with E-state index in [1.807, 2.05) is 10.3 Å². The Morgan fingerprint density at radius 3 is 2.67 bits per heavy atom. The first-order valence-corrected chi connectivity index (χ1v) is 19.1. The minimum Gasteiger partial charge on any atom is -0.506 e. The molecule has 1 aromatic carbocycles. The van der Waals surface area contributed by atoms with Crippen LogP contribution in [0, 0.1) is 5.92 Å². The van der Waals surface area contributed by atoms with Crippen LogP contribution in [0.15, 0.2) is 22.3 Å². The number of nitrogens with zero attached hydrogens (tertiary/aromatic N) is 3. The molecule has 5 rings (SSSR count). The largest absolute Gasteiger partial charge is 0.506 e. The molecule has 11 nitrogen and oxygen atoms in total. The van der Waals surface area contributed by atoms with Crippen molar-refractivity contribution in [3.05, 3.63) is 43.4 Å². The van der Waals surface area contributed by atoms with Gasteiger partial charge < -0.3 is 34.7 Å². The third-order valence-corrected chi connectivity index (χ3v) is 11.8. The molecule has 4 heterocycles. The van der Waals surface area contributed by atoms with Crippen LogP contribution >= 0.6 is 22.7 Å². The predicted octanol–water partition coefficient (Wildman–Crippen LogP) is 5.66. The summed E-state index contributed by atoms with van der Waals surface area (Å²) < 4.78 is 12.3. The van der Waals surface area contributed by atoms with Crippen LogP contribution in [0.3, 0.4) is 0 Å². The van der Waals surface area contributed by atoms with E-state index >= 15 is 0 Å². The standard InChI is InChI=1S/C35H51N5O6S2/c1-24(2)32-37-27(21-47-32)33(43)40-17-18-46-35(22-40)12-15-39(16-13-35)14-8-6-4-5-7-9-25(3)19-36-20-29(45-23-41)26-10-11-28(42)30-31(26)48-34(44)38-30/h10-11,21,23-25,29,36,42H,4-9,12-20,22H2,1-3H3,(H,38,44)/t25?,29-/m0/s1. The van der Waals surface area contributed by atoms with E-state index < -0.39 is 6.10 Å². The molecule has 0 radical (unpaired) electrons. The van der Waals surface area contributed by atoms with Gasteiger partial charge in [0.15, 0.2) is 0 Å². The number of fused-ring (bicyclic) bond motifs is 1. The number of rotatable bonds is 17. The van der Waals surface area contributed by atoms with E-state index in [2.05, 4.69) is 41.0 Å². The minimum absolute atomic E-state index is 0.00280. The molecule has 2 aliphatic heterocycles. The first-order valence-electron chi connectivity index (χ1n) is 17.4. The minimum atomic E-state index is -0.545. The zero-order valence-corrected chi connectivity index (χ0v) is 30.1. The smallest absolute Gasteiger partial charge is 0.305 e. The molecule has 3 N–H and O–H groups in total. The number of aromatic nitrogens is 2. The maximum atomic E-state index is 13.2. The predicted molar refractivity (Wildman–Crippen MR) is 190 cm³/mol. The van der Waals surface area contributed by atoms with E-state index in [1.165, 1.54) is 38.2 Å². The van der Waals surface area contributed by atoms with E-state index in [-0.39, 0.29) is 22.1 Å². The summed E-state index contributed by atoms with van der Waals surface area (Å²) >= 11 is 2.58. The molecule has 2 fully saturated rings. The number of morpholine rings is 1. The quantitative estimate of drug-likeness (QED) is 0.120. The molecule has 2 atom stereocenters. The number of thiazole rings is 2. The van der Waals surface area contributed by atoms with Gasteiger partial charge in [-0.1, -0.05) is 63.9 Å². The van der Waals surface area contributed by atoms with Gasteiger partial charge in [0, 0.05) is 43.0 Å². The van der Waals surface area contributed by atoms with Gasteiger partial charge in [0.2, 0.25) is 0 Å². The van der Waals surface area contributed by atoms with Crippen LogP contribution in [-0.2, 0) is 14.3 Å². The number of nitrogens with one attached hydrogen (secondary N) is 2. The highest BCUT2D eigenvalue weighted by Crippen LogP contribution is 2.33. The lowest BCUT2D eigenvalue weighted by atomic mass is 9.89. The van der Waals surface area contributed by atoms with Crippen molar-refractivity contribution in [3.63, 3.8) is 0 Å². The topological polar surface area (TPSA) is 137 Å². The Labute approximate surface area is 291 Å². The normalized spacial score (nSPS) is 18.0. The van der Waals surface area contributed by atoms with Gasteiger partial charge in [0.05, 0.1) is 28.5 Å². The van der Waals surface area contributed by atoms with Crippen molar-refractivity contribution in [1.82, 2.24) is 25.1 Å². The number of hydrogen-bond donors (Lipinski definition) is 3. The molecule has 2 aromatic heterocycles. The third kappa shape index (κ3) is 9.44. The van der Waals surface area contributed by atoms with Crippen LogP contribution in [0.4, 0.5) is 0 Å². The Morgan fingerprint density at radius 2 is 1.92 bits per heavy atom. The summed E-state index contributed by atoms with van der Waals surface area (Å²) in [5.74, 6) is 0.858. The molecule has 1 amide bonds. The van der Waals surface area contributed by atoms with E-state index in [4.69, 9.17) is 9.47 Å². The number of H-pyrrole nitrogens is 1. The number of phenolic OH excluding ortho intramolecular Hbond substituents is 1. The van der Waals surface area contributed by atoms with Gasteiger partial charge in [0.25, 0.3) is 12.4 Å². The number of benzene rings is 1. The van der Waals surface area contributed by atoms with E-state index in [9.17, 15) is 19.5 Å². The summed E-state index contributed by atoms with van der Waals surface area (Å²) in [5.41, 5.74) is 1.43. The lowest BCUT2D eigenvalue weighted by Crippen LogP contribution is -2.58. The molecule has 1 spiro atoms. The number of piperidine rings is 1. The summed E-state index contributed by atoms with van der Waals surface area (Å²) in [6.45, 7) is 13.2. The number of aromatic hydroxyl groups is 1. The monoisotopic (exact) mass is 701 g/mol. The van der Waals surface area contributed by atoms with Crippen molar-refractivity contribution < 1.29 is 24.2 Å². The SMILES string of the molecule is CC(CCCCCCCN1CCC2(CC1)CN(C(=O)c1csc(C(C)C)n1)CCO2)CNC[C@H](OC=O)c1ccc(O)c2[nH]c(=O)sc12. The van der Waals surface area contributed by atoms with Gasteiger partial charge in [-0.15, -0.1) is 11.3 Å². The van der Waals surface area contributed by atoms with Gasteiger partial charge >= 0.3 is 4.87 Å². The van der Waals surface area contributed by atoms with Crippen molar-refractivity contribution in [3.8, 4) is 5.75 Å². The van der Waals surface area contributed by atoms with Crippen LogP contribution in [0.1, 0.15) is 105 Å². The summed E-state index contributed by atoms with van der Waals surface area (Å²) in [6, 6.07) is 3.22. The highest BCUT2D eigenvalue weighted by Gasteiger charge is 2.41. The number of ether oxygens (including phenoxy) is 2. The second-order valence-electron chi connectivity index (χ2n) is 13.8. The van der Waals surface area contributed by atoms with Gasteiger partial charge in [0.1, 0.15) is 23.1 Å². The lowest BCUT2D eigenvalue weighted by Gasteiger charge is -2.47. The number of phenols is 1. The van der Waals surface area contributed by atoms with Gasteiger partial charge in [-0.05, 0) is 50.8 Å². The molecule has 0 bridgehead atoms. The average molecular weight is 702 g/mol. The van der Waals surface area contributed by atoms with Crippen LogP contribution in [-0.4, -0.2) is 95.3 Å². The highest BCUT2D eigenvalue weighted by molar-refractivity contribution is 7.16. The maximum absolute atomic E-state index is 13.2. The second kappa shape index (κ2) is 17.2. The van der Waals surface area contributed by atoms with Gasteiger partial charge in [-0.2, -0.15) is 0 Å². The average Bonchev–Trinajstić information content (AvgIpc) is 3.73. The Balaban J connectivity index is 0.930. The lowest BCUT2D eigenvalue weighted by molar-refractivity contribution is -0.133. The first-order chi connectivity index (χ1) is 23.2. The molecule has 3 aromatic rings. The Hall–Kier alpha value is -2.84. The fraction of sp³-hybridized carbons (Fsp3) is 0.657. The molecule has 2 aliphatic rings. The van der Waals surface area contributed by atoms with Crippen molar-refractivity contribution in [1.29, 1.82) is 0 Å². The Bertz CT molecular complexity index is 1550. The summed E-state index contributed by atoms with van der Waals surface area (Å²) in [5, 5.41) is 16.4. The molecule has 0 saturated carbocycles. The van der Waals surface area contributed by atoms with Crippen LogP contribution in [0.5, 0.6) is 5.75 Å². The fourth-order valence-corrected chi connectivity index (χ4v) is 8.55. The number of unbranched alkanes of at least 4 members (excludes halogenated alkanes) is 4. The van der Waals surface area contributed by atoms with Crippen LogP contribution in [0.2, 0.25) is 0 Å². The van der Waals surface area contributed by atoms with E-state index in [0.29, 0.717) is 66.0 Å². The highest BCUT2D eigenvalue weighted by atomic mass is 32.1. The number of hydrogen-bond acceptors (Lipinski definition) is 11. The van der Waals surface area contributed by atoms with Crippen LogP contribution < -0.4 is 10.2 Å². The summed E-state index contributed by atoms with van der Waals surface area (Å²) in [6.07, 6.45) is 8.59. The second-order valence-corrected chi connectivity index (χ2v) is 15.6. The molecule has 13 heteroatoms. The molecule has 2 saturated heterocycles. The molecule has 48 heavy (non-hydrogen) atoms. The van der Waals surface area contributed by atoms with E-state index in [1.54, 1.807) is 17.4 Å².